The predicted octanol–water partition coefficient (Wildman–Crippen LogP) is 5.37. The highest BCUT2D eigenvalue weighted by molar-refractivity contribution is 6.10. The summed E-state index contributed by atoms with van der Waals surface area (Å²) in [5.74, 6) is -0.356. The van der Waals surface area contributed by atoms with Gasteiger partial charge in [0.2, 0.25) is 0 Å². The summed E-state index contributed by atoms with van der Waals surface area (Å²) < 4.78 is 0. The number of aryl methyl sites for hydroxylation is 1. The normalized spacial score (nSPS) is 15.2. The van der Waals surface area contributed by atoms with Gasteiger partial charge >= 0.3 is 0 Å². The number of rotatable bonds is 9. The van der Waals surface area contributed by atoms with Crippen molar-refractivity contribution in [3.8, 4) is 0 Å². The van der Waals surface area contributed by atoms with Gasteiger partial charge in [-0.25, -0.2) is 0 Å². The lowest BCUT2D eigenvalue weighted by Gasteiger charge is -2.26. The van der Waals surface area contributed by atoms with E-state index in [9.17, 15) is 9.59 Å². The minimum Gasteiger partial charge on any atom is -0.385 e. The maximum Gasteiger partial charge on any atom is 0.255 e. The minimum atomic E-state index is -0.218. The molecule has 1 fully saturated rings. The first-order valence-corrected chi connectivity index (χ1v) is 13.4. The summed E-state index contributed by atoms with van der Waals surface area (Å²) in [5.41, 5.74) is 7.20. The van der Waals surface area contributed by atoms with Gasteiger partial charge in [0.1, 0.15) is 0 Å². The highest BCUT2D eigenvalue weighted by Crippen LogP contribution is 2.30. The van der Waals surface area contributed by atoms with Gasteiger partial charge in [0.05, 0.1) is 11.3 Å². The lowest BCUT2D eigenvalue weighted by atomic mass is 9.95. The molecule has 3 aromatic rings. The monoisotopic (exact) mass is 496 g/mol. The van der Waals surface area contributed by atoms with Crippen molar-refractivity contribution in [2.45, 2.75) is 45.6 Å². The lowest BCUT2D eigenvalue weighted by Crippen LogP contribution is -2.31. The van der Waals surface area contributed by atoms with Crippen LogP contribution in [0.2, 0.25) is 0 Å². The van der Waals surface area contributed by atoms with Crippen LogP contribution in [-0.2, 0) is 13.0 Å². The molecule has 1 saturated heterocycles. The molecule has 3 aromatic carbocycles. The van der Waals surface area contributed by atoms with E-state index >= 15 is 0 Å². The number of piperidine rings is 1. The molecule has 5 rings (SSSR count). The maximum absolute atomic E-state index is 13.0. The fourth-order valence-electron chi connectivity index (χ4n) is 5.37. The first-order valence-electron chi connectivity index (χ1n) is 13.4. The van der Waals surface area contributed by atoms with Gasteiger partial charge in [-0.1, -0.05) is 42.3 Å². The second-order valence-corrected chi connectivity index (χ2v) is 10.2. The van der Waals surface area contributed by atoms with Gasteiger partial charge in [0.15, 0.2) is 0 Å². The van der Waals surface area contributed by atoms with Crippen LogP contribution < -0.4 is 16.0 Å². The third-order valence-electron chi connectivity index (χ3n) is 7.36. The van der Waals surface area contributed by atoms with Crippen LogP contribution in [-0.4, -0.2) is 42.9 Å². The number of amides is 2. The van der Waals surface area contributed by atoms with Crippen LogP contribution in [0.15, 0.2) is 60.7 Å². The third-order valence-corrected chi connectivity index (χ3v) is 7.36. The Morgan fingerprint density at radius 1 is 1.00 bits per heavy atom. The van der Waals surface area contributed by atoms with Crippen LogP contribution in [0, 0.1) is 6.92 Å². The topological polar surface area (TPSA) is 73.5 Å². The quantitative estimate of drug-likeness (QED) is 0.348. The van der Waals surface area contributed by atoms with E-state index in [1.807, 2.05) is 36.4 Å². The second kappa shape index (κ2) is 11.6. The van der Waals surface area contributed by atoms with E-state index in [-0.39, 0.29) is 11.8 Å². The van der Waals surface area contributed by atoms with E-state index < -0.39 is 0 Å². The Morgan fingerprint density at radius 2 is 1.81 bits per heavy atom. The van der Waals surface area contributed by atoms with E-state index in [1.54, 1.807) is 0 Å². The maximum atomic E-state index is 13.0. The Hall–Kier alpha value is -3.64. The molecular weight excluding hydrogens is 460 g/mol. The lowest BCUT2D eigenvalue weighted by molar-refractivity contribution is 0.0966. The van der Waals surface area contributed by atoms with Crippen LogP contribution in [0.4, 0.5) is 11.4 Å². The molecule has 2 amide bonds. The first-order chi connectivity index (χ1) is 18.1. The molecule has 0 saturated carbocycles. The van der Waals surface area contributed by atoms with E-state index in [4.69, 9.17) is 0 Å². The summed E-state index contributed by atoms with van der Waals surface area (Å²) >= 11 is 0. The van der Waals surface area contributed by atoms with E-state index in [2.05, 4.69) is 52.0 Å². The van der Waals surface area contributed by atoms with Gasteiger partial charge in [-0.3, -0.25) is 9.59 Å². The zero-order valence-corrected chi connectivity index (χ0v) is 21.6. The van der Waals surface area contributed by atoms with Crippen molar-refractivity contribution in [1.29, 1.82) is 0 Å². The third kappa shape index (κ3) is 6.20. The largest absolute Gasteiger partial charge is 0.385 e. The van der Waals surface area contributed by atoms with Crippen molar-refractivity contribution in [2.24, 2.45) is 0 Å². The minimum absolute atomic E-state index is 0.138. The molecule has 0 spiro atoms. The Kier molecular flexibility index (Phi) is 7.85. The number of anilines is 2. The van der Waals surface area contributed by atoms with E-state index in [1.165, 1.54) is 43.5 Å². The van der Waals surface area contributed by atoms with Crippen LogP contribution in [0.25, 0.3) is 0 Å². The molecule has 6 nitrogen and oxygen atoms in total. The smallest absolute Gasteiger partial charge is 0.255 e. The summed E-state index contributed by atoms with van der Waals surface area (Å²) in [5, 5.41) is 9.36. The molecule has 0 unspecified atom stereocenters. The van der Waals surface area contributed by atoms with E-state index in [0.29, 0.717) is 23.4 Å². The molecule has 0 radical (unpaired) electrons. The molecule has 0 atom stereocenters. The number of hydrogen-bond donors (Lipinski definition) is 3. The molecule has 0 bridgehead atoms. The van der Waals surface area contributed by atoms with Crippen molar-refractivity contribution in [2.75, 3.05) is 36.8 Å². The first kappa shape index (κ1) is 25.0. The van der Waals surface area contributed by atoms with Crippen molar-refractivity contribution in [1.82, 2.24) is 10.2 Å². The molecular formula is C31H36N4O2. The fourth-order valence-corrected chi connectivity index (χ4v) is 5.37. The highest BCUT2D eigenvalue weighted by Gasteiger charge is 2.26. The number of carbonyl (C=O) groups excluding carboxylic acids is 2. The Morgan fingerprint density at radius 3 is 2.59 bits per heavy atom. The number of nitrogens with zero attached hydrogens (tertiary/aromatic N) is 1. The van der Waals surface area contributed by atoms with Crippen LogP contribution in [0.5, 0.6) is 0 Å². The molecule has 192 valence electrons. The van der Waals surface area contributed by atoms with Gasteiger partial charge in [-0.15, -0.1) is 0 Å². The van der Waals surface area contributed by atoms with Gasteiger partial charge < -0.3 is 20.9 Å². The zero-order chi connectivity index (χ0) is 25.6. The van der Waals surface area contributed by atoms with Crippen LogP contribution >= 0.6 is 0 Å². The van der Waals surface area contributed by atoms with Gasteiger partial charge in [-0.2, -0.15) is 0 Å². The summed E-state index contributed by atoms with van der Waals surface area (Å²) in [6.45, 7) is 7.07. The average Bonchev–Trinajstić information content (AvgIpc) is 3.31. The fraction of sp³-hybridized carbons (Fsp3) is 0.355. The number of hydrogen-bond acceptors (Lipinski definition) is 4. The Labute approximate surface area is 219 Å². The number of likely N-dealkylation sites (tertiary alicyclic amines) is 1. The van der Waals surface area contributed by atoms with Crippen molar-refractivity contribution < 1.29 is 9.59 Å². The molecule has 2 heterocycles. The summed E-state index contributed by atoms with van der Waals surface area (Å²) in [7, 11) is 0. The molecule has 3 N–H and O–H groups in total. The van der Waals surface area contributed by atoms with Crippen molar-refractivity contribution >= 4 is 23.2 Å². The van der Waals surface area contributed by atoms with Crippen LogP contribution in [0.1, 0.15) is 68.7 Å². The van der Waals surface area contributed by atoms with Gasteiger partial charge in [0.25, 0.3) is 11.8 Å². The van der Waals surface area contributed by atoms with Crippen LogP contribution in [0.3, 0.4) is 0 Å². The van der Waals surface area contributed by atoms with Gasteiger partial charge in [0, 0.05) is 24.3 Å². The standard InChI is InChI=1S/C31H36N4O2/c1-22-7-5-8-23(19-22)20-25-11-14-28(29-27(25)21-33-31(29)37)34-30(36)24-9-12-26(13-10-24)32-15-6-18-35-16-3-2-4-17-35/h5,7-14,19,32H,2-4,6,15-18,20-21H2,1H3,(H,33,37)(H,34,36). The number of benzene rings is 3. The Balaban J connectivity index is 1.20. The second-order valence-electron chi connectivity index (χ2n) is 10.2. The molecule has 2 aliphatic heterocycles. The average molecular weight is 497 g/mol. The summed E-state index contributed by atoms with van der Waals surface area (Å²) in [6.07, 6.45) is 5.86. The SMILES string of the molecule is Cc1cccc(Cc2ccc(NC(=O)c3ccc(NCCCN4CCCCC4)cc3)c3c2CNC3=O)c1. The summed E-state index contributed by atoms with van der Waals surface area (Å²) in [4.78, 5) is 28.2. The van der Waals surface area contributed by atoms with Gasteiger partial charge in [-0.05, 0) is 99.3 Å². The molecule has 37 heavy (non-hydrogen) atoms. The predicted molar refractivity (Wildman–Crippen MR) is 149 cm³/mol. The number of nitrogens with one attached hydrogen (secondary N) is 3. The van der Waals surface area contributed by atoms with Crippen molar-refractivity contribution in [3.63, 3.8) is 0 Å². The zero-order valence-electron chi connectivity index (χ0n) is 21.6. The number of fused-ring (bicyclic) bond motifs is 1. The highest BCUT2D eigenvalue weighted by atomic mass is 16.2. The molecule has 0 aliphatic carbocycles. The van der Waals surface area contributed by atoms with E-state index in [0.717, 1.165) is 42.7 Å². The molecule has 0 aromatic heterocycles. The van der Waals surface area contributed by atoms with Crippen molar-refractivity contribution in [3.05, 3.63) is 94.0 Å². The molecule has 2 aliphatic rings. The molecule has 6 heteroatoms. The summed E-state index contributed by atoms with van der Waals surface area (Å²) in [6, 6.07) is 19.8. The Bertz CT molecular complexity index is 1260. The number of carbonyl (C=O) groups is 2.